The highest BCUT2D eigenvalue weighted by Crippen LogP contribution is 2.28. The Morgan fingerprint density at radius 1 is 1.07 bits per heavy atom. The summed E-state index contributed by atoms with van der Waals surface area (Å²) in [6.07, 6.45) is 0. The Labute approximate surface area is 169 Å². The molecule has 0 spiro atoms. The molecule has 1 N–H and O–H groups in total. The topological polar surface area (TPSA) is 63.6 Å². The van der Waals surface area contributed by atoms with E-state index in [1.807, 2.05) is 0 Å². The zero-order valence-electron chi connectivity index (χ0n) is 16.1. The molecule has 0 aliphatic rings. The van der Waals surface area contributed by atoms with Crippen LogP contribution in [-0.2, 0) is 9.84 Å². The predicted molar refractivity (Wildman–Crippen MR) is 112 cm³/mol. The predicted octanol–water partition coefficient (Wildman–Crippen LogP) is 3.75. The number of phenols is 1. The third-order valence-corrected chi connectivity index (χ3v) is 6.41. The molecule has 0 amide bonds. The first-order valence-electron chi connectivity index (χ1n) is 9.01. The Morgan fingerprint density at radius 3 is 2.48 bits per heavy atom. The van der Waals surface area contributed by atoms with Gasteiger partial charge >= 0.3 is 0 Å². The molecular formula is C23H21FO4S. The van der Waals surface area contributed by atoms with E-state index in [2.05, 4.69) is 6.58 Å². The van der Waals surface area contributed by atoms with Gasteiger partial charge in [-0.2, -0.15) is 0 Å². The second-order valence-corrected chi connectivity index (χ2v) is 8.83. The highest BCUT2D eigenvalue weighted by Gasteiger charge is 2.13. The van der Waals surface area contributed by atoms with Crippen LogP contribution in [0.3, 0.4) is 0 Å². The summed E-state index contributed by atoms with van der Waals surface area (Å²) in [6, 6.07) is 15.4. The number of halogens is 1. The first kappa shape index (κ1) is 20.6. The Balaban J connectivity index is 2.04. The zero-order valence-corrected chi connectivity index (χ0v) is 17.0. The van der Waals surface area contributed by atoms with Gasteiger partial charge in [0.2, 0.25) is 0 Å². The lowest BCUT2D eigenvalue weighted by Gasteiger charge is -2.11. The van der Waals surface area contributed by atoms with E-state index in [1.165, 1.54) is 36.4 Å². The molecule has 150 valence electrons. The quantitative estimate of drug-likeness (QED) is 0.693. The Hall–Kier alpha value is -3.12. The van der Waals surface area contributed by atoms with Crippen LogP contribution in [0.2, 0.25) is 0 Å². The molecule has 0 aromatic heterocycles. The number of benzene rings is 3. The zero-order chi connectivity index (χ0) is 21.2. The highest BCUT2D eigenvalue weighted by molar-refractivity contribution is 7.91. The van der Waals surface area contributed by atoms with Crippen LogP contribution in [-0.4, -0.2) is 19.3 Å². The van der Waals surface area contributed by atoms with Crippen LogP contribution in [0.5, 0.6) is 17.2 Å². The van der Waals surface area contributed by atoms with Gasteiger partial charge in [0.05, 0.1) is 10.6 Å². The number of ether oxygens (including phenoxy) is 1. The van der Waals surface area contributed by atoms with Crippen molar-refractivity contribution >= 4 is 22.0 Å². The monoisotopic (exact) mass is 412 g/mol. The van der Waals surface area contributed by atoms with Gasteiger partial charge in [0.25, 0.3) is 0 Å². The van der Waals surface area contributed by atoms with Crippen molar-refractivity contribution in [3.63, 3.8) is 0 Å². The minimum Gasteiger partial charge on any atom is -0.507 e. The molecule has 0 heterocycles. The molecule has 3 aromatic carbocycles. The van der Waals surface area contributed by atoms with E-state index in [-0.39, 0.29) is 16.4 Å². The molecule has 29 heavy (non-hydrogen) atoms. The van der Waals surface area contributed by atoms with E-state index in [0.29, 0.717) is 33.1 Å². The van der Waals surface area contributed by atoms with Gasteiger partial charge in [-0.1, -0.05) is 31.7 Å². The molecule has 0 radical (unpaired) electrons. The summed E-state index contributed by atoms with van der Waals surface area (Å²) in [5.74, 6) is 0.272. The molecule has 0 atom stereocenters. The minimum absolute atomic E-state index is 0.0113. The van der Waals surface area contributed by atoms with E-state index < -0.39 is 15.7 Å². The van der Waals surface area contributed by atoms with Crippen LogP contribution >= 0.6 is 0 Å². The van der Waals surface area contributed by atoms with Gasteiger partial charge in [-0.05, 0) is 60.2 Å². The maximum Gasteiger partial charge on any atom is 0.178 e. The van der Waals surface area contributed by atoms with Crippen LogP contribution in [0.1, 0.15) is 19.4 Å². The minimum atomic E-state index is -3.36. The molecule has 0 saturated carbocycles. The molecule has 0 fully saturated rings. The second-order valence-electron chi connectivity index (χ2n) is 6.55. The summed E-state index contributed by atoms with van der Waals surface area (Å²) in [4.78, 5) is 0.170. The smallest absolute Gasteiger partial charge is 0.178 e. The van der Waals surface area contributed by atoms with Crippen molar-refractivity contribution in [3.8, 4) is 17.2 Å². The highest BCUT2D eigenvalue weighted by atomic mass is 32.2. The van der Waals surface area contributed by atoms with Crippen molar-refractivity contribution in [3.05, 3.63) is 82.5 Å². The number of phenolic OH excluding ortho intramolecular Hbond substituents is 1. The van der Waals surface area contributed by atoms with Gasteiger partial charge in [-0.3, -0.25) is 0 Å². The molecule has 3 rings (SSSR count). The summed E-state index contributed by atoms with van der Waals surface area (Å²) in [5, 5.41) is 10.9. The molecule has 0 aliphatic carbocycles. The Kier molecular flexibility index (Phi) is 5.75. The Morgan fingerprint density at radius 2 is 1.76 bits per heavy atom. The van der Waals surface area contributed by atoms with E-state index in [1.54, 1.807) is 38.1 Å². The average Bonchev–Trinajstić information content (AvgIpc) is 2.71. The first-order chi connectivity index (χ1) is 13.7. The largest absolute Gasteiger partial charge is 0.507 e. The van der Waals surface area contributed by atoms with Crippen LogP contribution < -0.4 is 15.2 Å². The lowest BCUT2D eigenvalue weighted by molar-refractivity contribution is 0.470. The fourth-order valence-corrected chi connectivity index (χ4v) is 3.88. The van der Waals surface area contributed by atoms with Crippen molar-refractivity contribution in [2.45, 2.75) is 18.7 Å². The number of rotatable bonds is 5. The van der Waals surface area contributed by atoms with Gasteiger partial charge in [0.15, 0.2) is 9.84 Å². The molecule has 0 saturated heterocycles. The maximum atomic E-state index is 14.5. The van der Waals surface area contributed by atoms with Gasteiger partial charge in [0, 0.05) is 10.8 Å². The number of hydrogen-bond acceptors (Lipinski definition) is 4. The third-order valence-electron chi connectivity index (χ3n) is 4.68. The van der Waals surface area contributed by atoms with Gasteiger partial charge < -0.3 is 9.84 Å². The van der Waals surface area contributed by atoms with Gasteiger partial charge in [-0.15, -0.1) is 0 Å². The summed E-state index contributed by atoms with van der Waals surface area (Å²) in [7, 11) is -3.36. The summed E-state index contributed by atoms with van der Waals surface area (Å²) < 4.78 is 44.4. The van der Waals surface area contributed by atoms with Crippen LogP contribution in [0.4, 0.5) is 4.39 Å². The summed E-state index contributed by atoms with van der Waals surface area (Å²) >= 11 is 0. The number of aromatic hydroxyl groups is 1. The van der Waals surface area contributed by atoms with Crippen LogP contribution in [0, 0.1) is 5.82 Å². The third kappa shape index (κ3) is 4.32. The lowest BCUT2D eigenvalue weighted by atomic mass is 10.0. The van der Waals surface area contributed by atoms with Crippen molar-refractivity contribution in [2.75, 3.05) is 5.75 Å². The van der Waals surface area contributed by atoms with E-state index >= 15 is 0 Å². The maximum absolute atomic E-state index is 14.5. The van der Waals surface area contributed by atoms with Gasteiger partial charge in [0.1, 0.15) is 23.1 Å². The van der Waals surface area contributed by atoms with E-state index in [9.17, 15) is 17.9 Å². The molecule has 0 bridgehead atoms. The molecule has 3 aromatic rings. The van der Waals surface area contributed by atoms with Crippen LogP contribution in [0.15, 0.2) is 65.6 Å². The van der Waals surface area contributed by atoms with E-state index in [0.717, 1.165) is 0 Å². The molecule has 6 heteroatoms. The summed E-state index contributed by atoms with van der Waals surface area (Å²) in [5.41, 5.74) is 0.895. The molecular weight excluding hydrogens is 391 g/mol. The van der Waals surface area contributed by atoms with Crippen molar-refractivity contribution in [1.82, 2.24) is 0 Å². The van der Waals surface area contributed by atoms with E-state index in [4.69, 9.17) is 4.74 Å². The first-order valence-corrected chi connectivity index (χ1v) is 10.7. The fourth-order valence-electron chi connectivity index (χ4n) is 2.96. The lowest BCUT2D eigenvalue weighted by Crippen LogP contribution is -2.25. The van der Waals surface area contributed by atoms with Crippen molar-refractivity contribution in [2.24, 2.45) is 0 Å². The average molecular weight is 412 g/mol. The molecule has 0 unspecified atom stereocenters. The van der Waals surface area contributed by atoms with Crippen LogP contribution in [0.25, 0.3) is 12.2 Å². The number of hydrogen-bond donors (Lipinski definition) is 1. The fraction of sp³-hybridized carbons (Fsp3) is 0.130. The molecule has 0 aliphatic heterocycles. The summed E-state index contributed by atoms with van der Waals surface area (Å²) in [6.45, 7) is 7.16. The Bertz CT molecular complexity index is 1280. The standard InChI is InChI=1S/C23H21FO4S/c1-4-29(26,27)19-8-5-7-17(13-19)28-18-11-12-22(24)21(14-18)15(2)20-9-6-10-23(25)16(20)3/h5-14,25H,3-4H2,1-2H3/b20-15+. The second kappa shape index (κ2) is 8.09. The van der Waals surface area contributed by atoms with Crippen molar-refractivity contribution in [1.29, 1.82) is 0 Å². The van der Waals surface area contributed by atoms with Gasteiger partial charge in [-0.25, -0.2) is 12.8 Å². The number of sulfone groups is 1. The van der Waals surface area contributed by atoms with Crippen molar-refractivity contribution < 1.29 is 22.7 Å². The normalized spacial score (nSPS) is 12.5. The molecule has 4 nitrogen and oxygen atoms in total. The SMILES string of the molecule is C=c1c(O)ccc/c1=C(/C)c1cc(Oc2cccc(S(=O)(=O)CC)c2)ccc1F.